The molecule has 0 radical (unpaired) electrons. The average molecular weight is 231 g/mol. The van der Waals surface area contributed by atoms with E-state index >= 15 is 0 Å². The zero-order valence-electron chi connectivity index (χ0n) is 10.8. The van der Waals surface area contributed by atoms with Crippen LogP contribution < -0.4 is 5.73 Å². The molecule has 0 saturated carbocycles. The highest BCUT2D eigenvalue weighted by Gasteiger charge is 2.24. The topological polar surface area (TPSA) is 82.1 Å². The van der Waals surface area contributed by atoms with Crippen molar-refractivity contribution in [3.8, 4) is 0 Å². The molecule has 0 aromatic rings. The van der Waals surface area contributed by atoms with Crippen molar-refractivity contribution in [3.63, 3.8) is 0 Å². The predicted octanol–water partition coefficient (Wildman–Crippen LogP) is 0.852. The summed E-state index contributed by atoms with van der Waals surface area (Å²) in [6, 6.07) is 0.384. The highest BCUT2D eigenvalue weighted by atomic mass is 16.4. The van der Waals surface area contributed by atoms with Gasteiger partial charge in [0, 0.05) is 18.0 Å². The highest BCUT2D eigenvalue weighted by Crippen LogP contribution is 2.21. The molecule has 0 spiro atoms. The Labute approximate surface area is 97.9 Å². The van der Waals surface area contributed by atoms with Gasteiger partial charge in [0.1, 0.15) is 5.84 Å². The smallest absolute Gasteiger partial charge is 0.144 e. The second kappa shape index (κ2) is 6.70. The predicted molar refractivity (Wildman–Crippen MR) is 65.6 cm³/mol. The third-order valence-corrected chi connectivity index (χ3v) is 2.94. The average Bonchev–Trinajstić information content (AvgIpc) is 2.22. The Hall–Kier alpha value is -0.810. The molecule has 0 aliphatic rings. The lowest BCUT2D eigenvalue weighted by Gasteiger charge is -2.30. The van der Waals surface area contributed by atoms with E-state index in [9.17, 15) is 0 Å². The first-order valence-corrected chi connectivity index (χ1v) is 5.68. The first-order valence-electron chi connectivity index (χ1n) is 5.68. The van der Waals surface area contributed by atoms with Crippen LogP contribution >= 0.6 is 0 Å². The third-order valence-electron chi connectivity index (χ3n) is 2.94. The van der Waals surface area contributed by atoms with E-state index in [0.717, 1.165) is 13.0 Å². The SMILES string of the molecule is CC(C)N(CCO)CCC(C)(C)C(N)=NO. The van der Waals surface area contributed by atoms with Gasteiger partial charge in [0.2, 0.25) is 0 Å². The Morgan fingerprint density at radius 1 is 1.38 bits per heavy atom. The lowest BCUT2D eigenvalue weighted by Crippen LogP contribution is -2.39. The number of hydrogen-bond acceptors (Lipinski definition) is 4. The van der Waals surface area contributed by atoms with Gasteiger partial charge in [0.15, 0.2) is 0 Å². The quantitative estimate of drug-likeness (QED) is 0.262. The molecule has 4 N–H and O–H groups in total. The molecule has 0 amide bonds. The number of oxime groups is 1. The molecule has 5 heteroatoms. The summed E-state index contributed by atoms with van der Waals surface area (Å²) in [7, 11) is 0. The van der Waals surface area contributed by atoms with Crippen molar-refractivity contribution in [3.05, 3.63) is 0 Å². The lowest BCUT2D eigenvalue weighted by atomic mass is 9.87. The minimum Gasteiger partial charge on any atom is -0.409 e. The van der Waals surface area contributed by atoms with Crippen molar-refractivity contribution in [2.45, 2.75) is 40.2 Å². The van der Waals surface area contributed by atoms with Gasteiger partial charge in [-0.25, -0.2) is 0 Å². The minimum absolute atomic E-state index is 0.155. The number of hydrogen-bond donors (Lipinski definition) is 3. The van der Waals surface area contributed by atoms with Gasteiger partial charge in [-0.3, -0.25) is 4.90 Å². The van der Waals surface area contributed by atoms with Crippen LogP contribution in [0.5, 0.6) is 0 Å². The van der Waals surface area contributed by atoms with Crippen LogP contribution in [-0.4, -0.2) is 46.8 Å². The van der Waals surface area contributed by atoms with E-state index in [1.165, 1.54) is 0 Å². The maximum atomic E-state index is 8.94. The van der Waals surface area contributed by atoms with Gasteiger partial charge >= 0.3 is 0 Å². The van der Waals surface area contributed by atoms with Crippen molar-refractivity contribution < 1.29 is 10.3 Å². The van der Waals surface area contributed by atoms with Crippen molar-refractivity contribution >= 4 is 5.84 Å². The molecule has 5 nitrogen and oxygen atoms in total. The monoisotopic (exact) mass is 231 g/mol. The Morgan fingerprint density at radius 2 is 1.94 bits per heavy atom. The van der Waals surface area contributed by atoms with Gasteiger partial charge < -0.3 is 16.0 Å². The standard InChI is InChI=1S/C11H25N3O2/c1-9(2)14(7-8-15)6-5-11(3,4)10(12)13-16/h9,15-16H,5-8H2,1-4H3,(H2,12,13). The summed E-state index contributed by atoms with van der Waals surface area (Å²) in [5.74, 6) is 0.250. The number of rotatable bonds is 7. The van der Waals surface area contributed by atoms with Crippen molar-refractivity contribution in [2.24, 2.45) is 16.3 Å². The third kappa shape index (κ3) is 4.81. The lowest BCUT2D eigenvalue weighted by molar-refractivity contribution is 0.154. The number of nitrogens with zero attached hydrogens (tertiary/aromatic N) is 2. The summed E-state index contributed by atoms with van der Waals surface area (Å²) in [6.07, 6.45) is 0.793. The summed E-state index contributed by atoms with van der Waals surface area (Å²) in [5.41, 5.74) is 5.30. The largest absolute Gasteiger partial charge is 0.409 e. The van der Waals surface area contributed by atoms with E-state index in [1.807, 2.05) is 13.8 Å². The molecule has 0 aromatic carbocycles. The fourth-order valence-electron chi connectivity index (χ4n) is 1.44. The van der Waals surface area contributed by atoms with E-state index < -0.39 is 0 Å². The van der Waals surface area contributed by atoms with E-state index in [2.05, 4.69) is 23.9 Å². The van der Waals surface area contributed by atoms with E-state index in [1.54, 1.807) is 0 Å². The molecule has 16 heavy (non-hydrogen) atoms. The first-order chi connectivity index (χ1) is 7.35. The second-order valence-corrected chi connectivity index (χ2v) is 4.97. The fourth-order valence-corrected chi connectivity index (χ4v) is 1.44. The highest BCUT2D eigenvalue weighted by molar-refractivity contribution is 5.85. The van der Waals surface area contributed by atoms with Crippen molar-refractivity contribution in [2.75, 3.05) is 19.7 Å². The number of amidine groups is 1. The van der Waals surface area contributed by atoms with Crippen molar-refractivity contribution in [1.82, 2.24) is 4.90 Å². The maximum absolute atomic E-state index is 8.94. The molecule has 0 aliphatic carbocycles. The summed E-state index contributed by atoms with van der Waals surface area (Å²) in [5, 5.41) is 20.7. The molecule has 0 rings (SSSR count). The van der Waals surface area contributed by atoms with Gasteiger partial charge in [-0.05, 0) is 26.8 Å². The van der Waals surface area contributed by atoms with Gasteiger partial charge in [-0.2, -0.15) is 0 Å². The Morgan fingerprint density at radius 3 is 2.31 bits per heavy atom. The van der Waals surface area contributed by atoms with Gasteiger partial charge in [0.05, 0.1) is 6.61 Å². The van der Waals surface area contributed by atoms with Crippen LogP contribution in [0, 0.1) is 5.41 Å². The summed E-state index contributed by atoms with van der Waals surface area (Å²) in [6.45, 7) is 9.70. The van der Waals surface area contributed by atoms with Crippen LogP contribution in [0.3, 0.4) is 0 Å². The number of nitrogens with two attached hydrogens (primary N) is 1. The van der Waals surface area contributed by atoms with E-state index in [0.29, 0.717) is 12.6 Å². The van der Waals surface area contributed by atoms with E-state index in [4.69, 9.17) is 16.0 Å². The molecule has 0 unspecified atom stereocenters. The molecule has 0 bridgehead atoms. The summed E-state index contributed by atoms with van der Waals surface area (Å²) < 4.78 is 0. The number of aliphatic hydroxyl groups is 1. The fraction of sp³-hybridized carbons (Fsp3) is 0.909. The Balaban J connectivity index is 4.29. The molecule has 0 atom stereocenters. The zero-order valence-corrected chi connectivity index (χ0v) is 10.8. The summed E-state index contributed by atoms with van der Waals surface area (Å²) >= 11 is 0. The van der Waals surface area contributed by atoms with Crippen LogP contribution in [0.1, 0.15) is 34.1 Å². The molecule has 0 aromatic heterocycles. The molecule has 96 valence electrons. The number of aliphatic hydroxyl groups excluding tert-OH is 1. The zero-order chi connectivity index (χ0) is 12.8. The van der Waals surface area contributed by atoms with Crippen LogP contribution in [0.25, 0.3) is 0 Å². The Bertz CT molecular complexity index is 227. The summed E-state index contributed by atoms with van der Waals surface area (Å²) in [4.78, 5) is 2.17. The van der Waals surface area contributed by atoms with Crippen LogP contribution in [0.15, 0.2) is 5.16 Å². The maximum Gasteiger partial charge on any atom is 0.144 e. The molecule has 0 heterocycles. The molecular weight excluding hydrogens is 206 g/mol. The normalized spacial score (nSPS) is 13.8. The van der Waals surface area contributed by atoms with Crippen LogP contribution in [-0.2, 0) is 0 Å². The van der Waals surface area contributed by atoms with E-state index in [-0.39, 0.29) is 17.9 Å². The van der Waals surface area contributed by atoms with Crippen LogP contribution in [0.2, 0.25) is 0 Å². The minimum atomic E-state index is -0.322. The van der Waals surface area contributed by atoms with Crippen LogP contribution in [0.4, 0.5) is 0 Å². The van der Waals surface area contributed by atoms with Gasteiger partial charge in [0.25, 0.3) is 0 Å². The first kappa shape index (κ1) is 15.2. The molecule has 0 aliphatic heterocycles. The van der Waals surface area contributed by atoms with Gasteiger partial charge in [-0.1, -0.05) is 19.0 Å². The second-order valence-electron chi connectivity index (χ2n) is 4.97. The van der Waals surface area contributed by atoms with Crippen molar-refractivity contribution in [1.29, 1.82) is 0 Å². The molecule has 0 saturated heterocycles. The van der Waals surface area contributed by atoms with Gasteiger partial charge in [-0.15, -0.1) is 0 Å². The Kier molecular flexibility index (Phi) is 6.36. The molecular formula is C11H25N3O2. The molecule has 0 fully saturated rings.